The van der Waals surface area contributed by atoms with Gasteiger partial charge in [0.25, 0.3) is 0 Å². The van der Waals surface area contributed by atoms with Gasteiger partial charge in [-0.1, -0.05) is 13.8 Å². The standard InChI is InChI=1S/C15H28N2O/c1-4-17(10-11(2)3)15(18)9-12-7-13-5-6-14(8-12)16-13/h11-14,16H,4-10H2,1-3H3. The molecular weight excluding hydrogens is 224 g/mol. The summed E-state index contributed by atoms with van der Waals surface area (Å²) < 4.78 is 0. The second-order valence-electron chi connectivity index (χ2n) is 6.51. The first-order chi connectivity index (χ1) is 8.58. The number of hydrogen-bond acceptors (Lipinski definition) is 2. The van der Waals surface area contributed by atoms with Crippen molar-refractivity contribution < 1.29 is 4.79 Å². The molecule has 0 aliphatic carbocycles. The predicted octanol–water partition coefficient (Wildman–Crippen LogP) is 2.41. The molecule has 0 aromatic carbocycles. The third-order valence-corrected chi connectivity index (χ3v) is 4.35. The Balaban J connectivity index is 1.82. The third kappa shape index (κ3) is 3.47. The van der Waals surface area contributed by atoms with Gasteiger partial charge in [0.1, 0.15) is 0 Å². The molecule has 2 heterocycles. The summed E-state index contributed by atoms with van der Waals surface area (Å²) >= 11 is 0. The number of nitrogens with one attached hydrogen (secondary N) is 1. The van der Waals surface area contributed by atoms with E-state index in [9.17, 15) is 4.79 Å². The highest BCUT2D eigenvalue weighted by molar-refractivity contribution is 5.76. The monoisotopic (exact) mass is 252 g/mol. The highest BCUT2D eigenvalue weighted by Crippen LogP contribution is 2.32. The van der Waals surface area contributed by atoms with E-state index in [1.807, 2.05) is 4.90 Å². The fourth-order valence-electron chi connectivity index (χ4n) is 3.57. The summed E-state index contributed by atoms with van der Waals surface area (Å²) in [6.07, 6.45) is 5.83. The van der Waals surface area contributed by atoms with Crippen LogP contribution in [0.1, 0.15) is 52.9 Å². The molecule has 0 aromatic heterocycles. The number of piperidine rings is 1. The summed E-state index contributed by atoms with van der Waals surface area (Å²) in [6, 6.07) is 1.39. The summed E-state index contributed by atoms with van der Waals surface area (Å²) in [6.45, 7) is 8.22. The lowest BCUT2D eigenvalue weighted by Crippen LogP contribution is -2.41. The van der Waals surface area contributed by atoms with Gasteiger partial charge < -0.3 is 10.2 Å². The van der Waals surface area contributed by atoms with Crippen molar-refractivity contribution in [3.63, 3.8) is 0 Å². The van der Waals surface area contributed by atoms with E-state index >= 15 is 0 Å². The normalized spacial score (nSPS) is 30.8. The van der Waals surface area contributed by atoms with Gasteiger partial charge in [0.2, 0.25) is 5.91 Å². The van der Waals surface area contributed by atoms with Crippen LogP contribution in [0.3, 0.4) is 0 Å². The lowest BCUT2D eigenvalue weighted by atomic mass is 9.89. The summed E-state index contributed by atoms with van der Waals surface area (Å²) in [5.74, 6) is 1.56. The minimum Gasteiger partial charge on any atom is -0.343 e. The van der Waals surface area contributed by atoms with Crippen LogP contribution in [0.25, 0.3) is 0 Å². The van der Waals surface area contributed by atoms with Crippen LogP contribution in [0.15, 0.2) is 0 Å². The Labute approximate surface area is 111 Å². The smallest absolute Gasteiger partial charge is 0.222 e. The topological polar surface area (TPSA) is 32.3 Å². The Morgan fingerprint density at radius 2 is 1.89 bits per heavy atom. The lowest BCUT2D eigenvalue weighted by Gasteiger charge is -2.31. The molecule has 0 saturated carbocycles. The molecule has 0 spiro atoms. The van der Waals surface area contributed by atoms with E-state index in [1.54, 1.807) is 0 Å². The first kappa shape index (κ1) is 13.9. The number of amides is 1. The summed E-state index contributed by atoms with van der Waals surface area (Å²) in [5.41, 5.74) is 0. The number of nitrogens with zero attached hydrogens (tertiary/aromatic N) is 1. The predicted molar refractivity (Wildman–Crippen MR) is 74.4 cm³/mol. The van der Waals surface area contributed by atoms with Crippen LogP contribution in [0, 0.1) is 11.8 Å². The van der Waals surface area contributed by atoms with E-state index in [4.69, 9.17) is 0 Å². The van der Waals surface area contributed by atoms with Crippen molar-refractivity contribution in [3.8, 4) is 0 Å². The fourth-order valence-corrected chi connectivity index (χ4v) is 3.57. The summed E-state index contributed by atoms with van der Waals surface area (Å²) in [5, 5.41) is 3.64. The molecule has 0 aromatic rings. The number of carbonyl (C=O) groups is 1. The molecule has 104 valence electrons. The molecule has 0 radical (unpaired) electrons. The molecule has 2 saturated heterocycles. The minimum atomic E-state index is 0.373. The summed E-state index contributed by atoms with van der Waals surface area (Å²) in [7, 11) is 0. The van der Waals surface area contributed by atoms with E-state index in [0.717, 1.165) is 19.5 Å². The van der Waals surface area contributed by atoms with E-state index in [0.29, 0.717) is 29.8 Å². The molecule has 3 heteroatoms. The molecule has 2 unspecified atom stereocenters. The van der Waals surface area contributed by atoms with Gasteiger partial charge in [0.15, 0.2) is 0 Å². The Morgan fingerprint density at radius 1 is 1.28 bits per heavy atom. The Morgan fingerprint density at radius 3 is 2.39 bits per heavy atom. The van der Waals surface area contributed by atoms with Gasteiger partial charge in [0.05, 0.1) is 0 Å². The van der Waals surface area contributed by atoms with E-state index < -0.39 is 0 Å². The molecule has 2 atom stereocenters. The lowest BCUT2D eigenvalue weighted by molar-refractivity contribution is -0.132. The van der Waals surface area contributed by atoms with Crippen molar-refractivity contribution in [2.75, 3.05) is 13.1 Å². The molecule has 2 aliphatic rings. The highest BCUT2D eigenvalue weighted by atomic mass is 16.2. The van der Waals surface area contributed by atoms with Gasteiger partial charge >= 0.3 is 0 Å². The zero-order valence-corrected chi connectivity index (χ0v) is 12.1. The average molecular weight is 252 g/mol. The fraction of sp³-hybridized carbons (Fsp3) is 0.933. The van der Waals surface area contributed by atoms with Gasteiger partial charge in [-0.3, -0.25) is 4.79 Å². The van der Waals surface area contributed by atoms with Crippen molar-refractivity contribution in [2.45, 2.75) is 65.0 Å². The quantitative estimate of drug-likeness (QED) is 0.815. The number of rotatable bonds is 5. The minimum absolute atomic E-state index is 0.373. The van der Waals surface area contributed by atoms with E-state index in [-0.39, 0.29) is 0 Å². The second-order valence-corrected chi connectivity index (χ2v) is 6.51. The first-order valence-corrected chi connectivity index (χ1v) is 7.62. The van der Waals surface area contributed by atoms with Gasteiger partial charge in [-0.15, -0.1) is 0 Å². The Kier molecular flexibility index (Phi) is 4.66. The summed E-state index contributed by atoms with van der Waals surface area (Å²) in [4.78, 5) is 14.4. The molecule has 3 nitrogen and oxygen atoms in total. The second kappa shape index (κ2) is 6.05. The maximum atomic E-state index is 12.3. The maximum absolute atomic E-state index is 12.3. The Bertz CT molecular complexity index is 278. The van der Waals surface area contributed by atoms with Gasteiger partial charge in [-0.25, -0.2) is 0 Å². The van der Waals surface area contributed by atoms with E-state index in [1.165, 1.54) is 25.7 Å². The largest absolute Gasteiger partial charge is 0.343 e. The molecule has 2 aliphatic heterocycles. The van der Waals surface area contributed by atoms with Crippen LogP contribution in [0.2, 0.25) is 0 Å². The molecule has 18 heavy (non-hydrogen) atoms. The zero-order valence-electron chi connectivity index (χ0n) is 12.1. The Hall–Kier alpha value is -0.570. The van der Waals surface area contributed by atoms with Crippen molar-refractivity contribution in [1.82, 2.24) is 10.2 Å². The van der Waals surface area contributed by atoms with Gasteiger partial charge in [-0.2, -0.15) is 0 Å². The molecular formula is C15H28N2O. The molecule has 1 amide bonds. The van der Waals surface area contributed by atoms with Crippen LogP contribution < -0.4 is 5.32 Å². The van der Waals surface area contributed by atoms with Crippen molar-refractivity contribution >= 4 is 5.91 Å². The molecule has 2 rings (SSSR count). The average Bonchev–Trinajstić information content (AvgIpc) is 2.65. The van der Waals surface area contributed by atoms with Crippen LogP contribution in [0.4, 0.5) is 0 Å². The van der Waals surface area contributed by atoms with Crippen molar-refractivity contribution in [1.29, 1.82) is 0 Å². The van der Waals surface area contributed by atoms with Crippen LogP contribution in [-0.4, -0.2) is 36.0 Å². The van der Waals surface area contributed by atoms with Crippen LogP contribution in [-0.2, 0) is 4.79 Å². The SMILES string of the molecule is CCN(CC(C)C)C(=O)CC1CC2CCC(C1)N2. The zero-order chi connectivity index (χ0) is 13.1. The van der Waals surface area contributed by atoms with Crippen molar-refractivity contribution in [2.24, 2.45) is 11.8 Å². The van der Waals surface area contributed by atoms with Crippen LogP contribution >= 0.6 is 0 Å². The first-order valence-electron chi connectivity index (χ1n) is 7.62. The van der Waals surface area contributed by atoms with Crippen molar-refractivity contribution in [3.05, 3.63) is 0 Å². The number of hydrogen-bond donors (Lipinski definition) is 1. The van der Waals surface area contributed by atoms with E-state index in [2.05, 4.69) is 26.1 Å². The van der Waals surface area contributed by atoms with Gasteiger partial charge in [0, 0.05) is 31.6 Å². The van der Waals surface area contributed by atoms with Crippen LogP contribution in [0.5, 0.6) is 0 Å². The third-order valence-electron chi connectivity index (χ3n) is 4.35. The number of fused-ring (bicyclic) bond motifs is 2. The molecule has 1 N–H and O–H groups in total. The number of carbonyl (C=O) groups excluding carboxylic acids is 1. The van der Waals surface area contributed by atoms with Gasteiger partial charge in [-0.05, 0) is 44.4 Å². The molecule has 2 bridgehead atoms. The maximum Gasteiger partial charge on any atom is 0.222 e. The molecule has 2 fully saturated rings. The highest BCUT2D eigenvalue weighted by Gasteiger charge is 2.34.